The molecule has 1 aliphatic heterocycles. The van der Waals surface area contributed by atoms with Crippen LogP contribution >= 0.6 is 11.3 Å². The van der Waals surface area contributed by atoms with E-state index in [1.807, 2.05) is 6.33 Å². The number of rotatable bonds is 1. The lowest BCUT2D eigenvalue weighted by Gasteiger charge is -2.25. The monoisotopic (exact) mass is 302 g/mol. The van der Waals surface area contributed by atoms with Crippen molar-refractivity contribution in [2.45, 2.75) is 51.1 Å². The van der Waals surface area contributed by atoms with Gasteiger partial charge in [0, 0.05) is 24.0 Å². The third kappa shape index (κ3) is 2.23. The Balaban J connectivity index is 1.84. The molecule has 0 amide bonds. The van der Waals surface area contributed by atoms with Gasteiger partial charge in [0.15, 0.2) is 0 Å². The Morgan fingerprint density at radius 1 is 1.29 bits per heavy atom. The van der Waals surface area contributed by atoms with Crippen molar-refractivity contribution in [3.63, 3.8) is 0 Å². The zero-order valence-electron chi connectivity index (χ0n) is 12.6. The van der Waals surface area contributed by atoms with Crippen LogP contribution in [0, 0.1) is 5.41 Å². The summed E-state index contributed by atoms with van der Waals surface area (Å²) in [6.07, 6.45) is 9.33. The molecule has 4 nitrogen and oxygen atoms in total. The second-order valence-electron chi connectivity index (χ2n) is 6.46. The second-order valence-corrected chi connectivity index (χ2v) is 7.55. The molecule has 0 spiro atoms. The molecule has 0 saturated heterocycles. The Kier molecular flexibility index (Phi) is 3.34. The molecule has 4 rings (SSSR count). The number of nitrogens with one attached hydrogen (secondary N) is 1. The summed E-state index contributed by atoms with van der Waals surface area (Å²) in [6, 6.07) is 0.491. The van der Waals surface area contributed by atoms with E-state index in [1.54, 1.807) is 11.3 Å². The third-order valence-electron chi connectivity index (χ3n) is 4.99. The first-order chi connectivity index (χ1) is 10.2. The van der Waals surface area contributed by atoms with Crippen LogP contribution in [0.3, 0.4) is 0 Å². The highest BCUT2D eigenvalue weighted by atomic mass is 32.1. The maximum atomic E-state index is 8.70. The van der Waals surface area contributed by atoms with Crippen LogP contribution in [0.15, 0.2) is 6.33 Å². The Labute approximate surface area is 128 Å². The molecule has 1 saturated carbocycles. The maximum Gasteiger partial charge on any atom is 0.136 e. The molecular formula is C16H22N4S. The first kappa shape index (κ1) is 13.5. The van der Waals surface area contributed by atoms with E-state index in [9.17, 15) is 0 Å². The average molecular weight is 302 g/mol. The van der Waals surface area contributed by atoms with Crippen LogP contribution in [-0.2, 0) is 13.0 Å². The van der Waals surface area contributed by atoms with E-state index in [2.05, 4.69) is 16.5 Å². The minimum Gasteiger partial charge on any atom is -0.314 e. The molecule has 3 heterocycles. The molecule has 1 aliphatic carbocycles. The molecule has 21 heavy (non-hydrogen) atoms. The average Bonchev–Trinajstić information content (AvgIpc) is 2.86. The van der Waals surface area contributed by atoms with Gasteiger partial charge in [-0.1, -0.05) is 19.3 Å². The number of aromatic nitrogens is 2. The predicted octanol–water partition coefficient (Wildman–Crippen LogP) is 3.07. The Bertz CT molecular complexity index is 724. The van der Waals surface area contributed by atoms with Gasteiger partial charge in [0.25, 0.3) is 0 Å². The van der Waals surface area contributed by atoms with Gasteiger partial charge in [-0.2, -0.15) is 0 Å². The zero-order valence-corrected chi connectivity index (χ0v) is 13.4. The van der Waals surface area contributed by atoms with Gasteiger partial charge in [0.1, 0.15) is 10.3 Å². The van der Waals surface area contributed by atoms with Crippen LogP contribution in [0.1, 0.15) is 48.6 Å². The fourth-order valence-corrected chi connectivity index (χ4v) is 5.06. The van der Waals surface area contributed by atoms with Crippen molar-refractivity contribution < 1.29 is 0 Å². The molecule has 0 atom stereocenters. The molecule has 0 radical (unpaired) electrons. The van der Waals surface area contributed by atoms with Gasteiger partial charge in [-0.3, -0.25) is 5.41 Å². The minimum atomic E-state index is 0.491. The zero-order chi connectivity index (χ0) is 14.4. The number of hydrogen-bond donors (Lipinski definition) is 1. The molecule has 0 aromatic carbocycles. The predicted molar refractivity (Wildman–Crippen MR) is 85.6 cm³/mol. The van der Waals surface area contributed by atoms with Crippen molar-refractivity contribution in [1.29, 1.82) is 5.41 Å². The quantitative estimate of drug-likeness (QED) is 0.880. The summed E-state index contributed by atoms with van der Waals surface area (Å²) >= 11 is 1.79. The van der Waals surface area contributed by atoms with Gasteiger partial charge in [-0.05, 0) is 31.9 Å². The van der Waals surface area contributed by atoms with E-state index < -0.39 is 0 Å². The van der Waals surface area contributed by atoms with Crippen LogP contribution < -0.4 is 5.49 Å². The highest BCUT2D eigenvalue weighted by molar-refractivity contribution is 7.18. The second kappa shape index (κ2) is 5.21. The van der Waals surface area contributed by atoms with Crippen molar-refractivity contribution in [2.24, 2.45) is 0 Å². The number of nitrogens with zero attached hydrogens (tertiary/aromatic N) is 3. The first-order valence-corrected chi connectivity index (χ1v) is 8.80. The van der Waals surface area contributed by atoms with Gasteiger partial charge < -0.3 is 9.47 Å². The number of likely N-dealkylation sites (N-methyl/N-ethyl adjacent to an activating group) is 1. The Morgan fingerprint density at radius 3 is 2.90 bits per heavy atom. The Morgan fingerprint density at radius 2 is 2.10 bits per heavy atom. The van der Waals surface area contributed by atoms with Crippen molar-refractivity contribution >= 4 is 21.6 Å². The lowest BCUT2D eigenvalue weighted by atomic mass is 9.95. The number of hydrogen-bond acceptors (Lipinski definition) is 4. The van der Waals surface area contributed by atoms with Crippen molar-refractivity contribution in [1.82, 2.24) is 14.5 Å². The molecule has 2 aromatic rings. The molecular weight excluding hydrogens is 280 g/mol. The van der Waals surface area contributed by atoms with Gasteiger partial charge in [0.05, 0.1) is 11.7 Å². The summed E-state index contributed by atoms with van der Waals surface area (Å²) in [5.74, 6) is 0. The first-order valence-electron chi connectivity index (χ1n) is 7.98. The van der Waals surface area contributed by atoms with E-state index in [-0.39, 0.29) is 0 Å². The molecule has 5 heteroatoms. The normalized spacial score (nSPS) is 20.8. The fourth-order valence-electron chi connectivity index (χ4n) is 3.79. The summed E-state index contributed by atoms with van der Waals surface area (Å²) in [7, 11) is 2.17. The van der Waals surface area contributed by atoms with E-state index in [1.165, 1.54) is 42.5 Å². The summed E-state index contributed by atoms with van der Waals surface area (Å²) in [5, 5.41) is 9.83. The van der Waals surface area contributed by atoms with Crippen LogP contribution in [0.4, 0.5) is 0 Å². The summed E-state index contributed by atoms with van der Waals surface area (Å²) in [4.78, 5) is 9.53. The Hall–Kier alpha value is -1.20. The van der Waals surface area contributed by atoms with Crippen molar-refractivity contribution in [3.05, 3.63) is 22.3 Å². The highest BCUT2D eigenvalue weighted by Crippen LogP contribution is 2.33. The van der Waals surface area contributed by atoms with Gasteiger partial charge >= 0.3 is 0 Å². The van der Waals surface area contributed by atoms with E-state index in [4.69, 9.17) is 10.4 Å². The van der Waals surface area contributed by atoms with Crippen LogP contribution in [0.5, 0.6) is 0 Å². The van der Waals surface area contributed by atoms with E-state index in [0.29, 0.717) is 11.5 Å². The standard InChI is InChI=1S/C16H22N4S/c1-19-8-7-12-13(9-19)21-16-14(12)15(17)20(10-18-16)11-5-3-2-4-6-11/h10-11,17H,2-9H2,1H3. The summed E-state index contributed by atoms with van der Waals surface area (Å²) in [6.45, 7) is 2.11. The van der Waals surface area contributed by atoms with Crippen LogP contribution in [-0.4, -0.2) is 28.0 Å². The largest absolute Gasteiger partial charge is 0.314 e. The summed E-state index contributed by atoms with van der Waals surface area (Å²) < 4.78 is 2.15. The topological polar surface area (TPSA) is 44.9 Å². The van der Waals surface area contributed by atoms with Gasteiger partial charge in [-0.15, -0.1) is 11.3 Å². The fraction of sp³-hybridized carbons (Fsp3) is 0.625. The third-order valence-corrected chi connectivity index (χ3v) is 6.12. The van der Waals surface area contributed by atoms with Gasteiger partial charge in [0.2, 0.25) is 0 Å². The lowest BCUT2D eigenvalue weighted by molar-refractivity contribution is 0.317. The van der Waals surface area contributed by atoms with E-state index in [0.717, 1.165) is 29.7 Å². The number of thiophene rings is 1. The SMILES string of the molecule is CN1CCc2c(sc3ncn(C4CCCCC4)c(=N)c23)C1. The van der Waals surface area contributed by atoms with Crippen molar-refractivity contribution in [2.75, 3.05) is 13.6 Å². The molecule has 2 aliphatic rings. The molecule has 112 valence electrons. The smallest absolute Gasteiger partial charge is 0.136 e. The number of fused-ring (bicyclic) bond motifs is 3. The highest BCUT2D eigenvalue weighted by Gasteiger charge is 2.23. The molecule has 0 unspecified atom stereocenters. The van der Waals surface area contributed by atoms with Crippen molar-refractivity contribution in [3.8, 4) is 0 Å². The lowest BCUT2D eigenvalue weighted by Crippen LogP contribution is -2.29. The minimum absolute atomic E-state index is 0.491. The van der Waals surface area contributed by atoms with E-state index >= 15 is 0 Å². The molecule has 0 bridgehead atoms. The summed E-state index contributed by atoms with van der Waals surface area (Å²) in [5.41, 5.74) is 2.10. The molecule has 1 fully saturated rings. The van der Waals surface area contributed by atoms with Crippen LogP contribution in [0.2, 0.25) is 0 Å². The van der Waals surface area contributed by atoms with Gasteiger partial charge in [-0.25, -0.2) is 4.98 Å². The molecule has 2 aromatic heterocycles. The van der Waals surface area contributed by atoms with Crippen LogP contribution in [0.25, 0.3) is 10.2 Å². The molecule has 1 N–H and O–H groups in total. The maximum absolute atomic E-state index is 8.70.